The summed E-state index contributed by atoms with van der Waals surface area (Å²) < 4.78 is 39.9. The number of hydrogen-bond donors (Lipinski definition) is 0. The second kappa shape index (κ2) is 7.23. The molecule has 0 saturated carbocycles. The van der Waals surface area contributed by atoms with Crippen molar-refractivity contribution in [2.45, 2.75) is 0 Å². The van der Waals surface area contributed by atoms with Crippen LogP contribution in [0.25, 0.3) is 10.8 Å². The van der Waals surface area contributed by atoms with Gasteiger partial charge in [0.2, 0.25) is 10.4 Å². The number of ether oxygens (including phenoxy) is 1. The van der Waals surface area contributed by atoms with Gasteiger partial charge in [0, 0.05) is 0 Å². The molecule has 5 nitrogen and oxygen atoms in total. The number of rotatable bonds is 5. The van der Waals surface area contributed by atoms with Gasteiger partial charge in [0.05, 0.1) is 6.61 Å². The molecule has 0 radical (unpaired) electrons. The van der Waals surface area contributed by atoms with E-state index in [1.165, 1.54) is 0 Å². The Morgan fingerprint density at radius 2 is 1.68 bits per heavy atom. The average Bonchev–Trinajstić information content (AvgIpc) is 2.33. The Kier molecular flexibility index (Phi) is 6.25. The molecule has 0 saturated heterocycles. The van der Waals surface area contributed by atoms with E-state index in [0.29, 0.717) is 5.75 Å². The van der Waals surface area contributed by atoms with Crippen LogP contribution in [-0.2, 0) is 14.6 Å². The Morgan fingerprint density at radius 1 is 1.00 bits per heavy atom. The molecule has 0 N–H and O–H groups in total. The minimum Gasteiger partial charge on any atom is -0.726 e. The van der Waals surface area contributed by atoms with Crippen molar-refractivity contribution >= 4 is 21.2 Å². The van der Waals surface area contributed by atoms with E-state index in [-0.39, 0.29) is 42.8 Å². The van der Waals surface area contributed by atoms with E-state index in [2.05, 4.69) is 4.18 Å². The SMILES string of the molecule is O=S(=O)([O-])OCCOc1ccc2ccccc2c1.[Na+]. The normalized spacial score (nSPS) is 11.0. The van der Waals surface area contributed by atoms with Gasteiger partial charge in [0.1, 0.15) is 12.4 Å². The van der Waals surface area contributed by atoms with Crippen LogP contribution in [0.4, 0.5) is 0 Å². The average molecular weight is 290 g/mol. The fourth-order valence-corrected chi connectivity index (χ4v) is 1.82. The van der Waals surface area contributed by atoms with E-state index < -0.39 is 10.4 Å². The zero-order chi connectivity index (χ0) is 13.0. The topological polar surface area (TPSA) is 75.7 Å². The molecule has 19 heavy (non-hydrogen) atoms. The van der Waals surface area contributed by atoms with Crippen LogP contribution in [0.15, 0.2) is 42.5 Å². The molecule has 0 fully saturated rings. The third-order valence-electron chi connectivity index (χ3n) is 2.30. The maximum absolute atomic E-state index is 10.2. The monoisotopic (exact) mass is 290 g/mol. The van der Waals surface area contributed by atoms with Gasteiger partial charge in [-0.15, -0.1) is 0 Å². The molecule has 2 aromatic carbocycles. The summed E-state index contributed by atoms with van der Waals surface area (Å²) >= 11 is 0. The van der Waals surface area contributed by atoms with Crippen molar-refractivity contribution in [2.24, 2.45) is 0 Å². The van der Waals surface area contributed by atoms with Crippen molar-refractivity contribution < 1.29 is 51.4 Å². The van der Waals surface area contributed by atoms with Crippen LogP contribution in [0, 0.1) is 0 Å². The van der Waals surface area contributed by atoms with E-state index >= 15 is 0 Å². The van der Waals surface area contributed by atoms with Crippen LogP contribution in [0.2, 0.25) is 0 Å². The number of benzene rings is 2. The van der Waals surface area contributed by atoms with Crippen molar-refractivity contribution in [3.63, 3.8) is 0 Å². The summed E-state index contributed by atoms with van der Waals surface area (Å²) in [6.45, 7) is -0.293. The molecule has 0 unspecified atom stereocenters. The second-order valence-corrected chi connectivity index (χ2v) is 4.64. The summed E-state index contributed by atoms with van der Waals surface area (Å²) in [6, 6.07) is 13.3. The standard InChI is InChI=1S/C12H12O5S.Na/c13-18(14,15)17-8-7-16-12-6-5-10-3-1-2-4-11(10)9-12;/h1-6,9H,7-8H2,(H,13,14,15);/q;+1/p-1. The Bertz CT molecular complexity index is 641. The van der Waals surface area contributed by atoms with E-state index in [9.17, 15) is 13.0 Å². The van der Waals surface area contributed by atoms with Gasteiger partial charge < -0.3 is 9.29 Å². The first kappa shape index (κ1) is 16.4. The molecule has 0 aliphatic heterocycles. The Hall–Kier alpha value is -0.630. The fraction of sp³-hybridized carbons (Fsp3) is 0.167. The van der Waals surface area contributed by atoms with E-state index in [0.717, 1.165) is 10.8 Å². The Balaban J connectivity index is 0.00000180. The summed E-state index contributed by atoms with van der Waals surface area (Å²) in [5.41, 5.74) is 0. The maximum atomic E-state index is 10.2. The molecule has 0 aromatic heterocycles. The largest absolute Gasteiger partial charge is 1.00 e. The molecular weight excluding hydrogens is 279 g/mol. The van der Waals surface area contributed by atoms with Crippen molar-refractivity contribution in [3.8, 4) is 5.75 Å². The molecule has 2 rings (SSSR count). The van der Waals surface area contributed by atoms with Crippen LogP contribution in [0.1, 0.15) is 0 Å². The molecular formula is C12H11NaO5S. The molecule has 0 aliphatic carbocycles. The third-order valence-corrected chi connectivity index (χ3v) is 2.76. The van der Waals surface area contributed by atoms with Gasteiger partial charge >= 0.3 is 29.6 Å². The molecule has 2 aromatic rings. The molecule has 0 aliphatic rings. The van der Waals surface area contributed by atoms with Gasteiger partial charge in [0.15, 0.2) is 0 Å². The predicted molar refractivity (Wildman–Crippen MR) is 65.1 cm³/mol. The number of fused-ring (bicyclic) bond motifs is 1. The van der Waals surface area contributed by atoms with Crippen molar-refractivity contribution in [1.82, 2.24) is 0 Å². The zero-order valence-corrected chi connectivity index (χ0v) is 13.2. The first-order valence-corrected chi connectivity index (χ1v) is 6.60. The third kappa shape index (κ3) is 5.48. The summed E-state index contributed by atoms with van der Waals surface area (Å²) in [6.07, 6.45) is 0. The van der Waals surface area contributed by atoms with E-state index in [1.807, 2.05) is 36.4 Å². The first-order chi connectivity index (χ1) is 8.54. The molecule has 0 bridgehead atoms. The van der Waals surface area contributed by atoms with Crippen LogP contribution in [0.3, 0.4) is 0 Å². The molecule has 96 valence electrons. The van der Waals surface area contributed by atoms with Gasteiger partial charge in [-0.05, 0) is 22.9 Å². The predicted octanol–water partition coefficient (Wildman–Crippen LogP) is -1.30. The Labute approximate surface area is 133 Å². The summed E-state index contributed by atoms with van der Waals surface area (Å²) in [7, 11) is -4.64. The minimum atomic E-state index is -4.64. The van der Waals surface area contributed by atoms with Crippen LogP contribution >= 0.6 is 0 Å². The maximum Gasteiger partial charge on any atom is 1.00 e. The van der Waals surface area contributed by atoms with Gasteiger partial charge in [0.25, 0.3) is 0 Å². The molecule has 0 amide bonds. The summed E-state index contributed by atoms with van der Waals surface area (Å²) in [4.78, 5) is 0. The van der Waals surface area contributed by atoms with Crippen molar-refractivity contribution in [2.75, 3.05) is 13.2 Å². The van der Waals surface area contributed by atoms with Crippen LogP contribution in [0.5, 0.6) is 5.75 Å². The Morgan fingerprint density at radius 3 is 2.37 bits per heavy atom. The quantitative estimate of drug-likeness (QED) is 0.296. The van der Waals surface area contributed by atoms with Crippen molar-refractivity contribution in [3.05, 3.63) is 42.5 Å². The fourth-order valence-electron chi connectivity index (χ4n) is 1.55. The smallest absolute Gasteiger partial charge is 0.726 e. The first-order valence-electron chi connectivity index (χ1n) is 5.26. The minimum absolute atomic E-state index is 0. The van der Waals surface area contributed by atoms with E-state index in [1.54, 1.807) is 6.07 Å². The van der Waals surface area contributed by atoms with Crippen molar-refractivity contribution in [1.29, 1.82) is 0 Å². The molecule has 0 atom stereocenters. The van der Waals surface area contributed by atoms with Gasteiger partial charge in [-0.25, -0.2) is 8.42 Å². The van der Waals surface area contributed by atoms with Gasteiger partial charge in [-0.3, -0.25) is 4.18 Å². The molecule has 0 spiro atoms. The summed E-state index contributed by atoms with van der Waals surface area (Å²) in [5, 5.41) is 2.11. The van der Waals surface area contributed by atoms with Crippen LogP contribution in [-0.4, -0.2) is 26.2 Å². The summed E-state index contributed by atoms with van der Waals surface area (Å²) in [5.74, 6) is 0.598. The molecule has 0 heterocycles. The zero-order valence-electron chi connectivity index (χ0n) is 10.4. The number of hydrogen-bond acceptors (Lipinski definition) is 5. The second-order valence-electron chi connectivity index (χ2n) is 3.59. The van der Waals surface area contributed by atoms with E-state index in [4.69, 9.17) is 4.74 Å². The van der Waals surface area contributed by atoms with Gasteiger partial charge in [-0.1, -0.05) is 30.3 Å². The van der Waals surface area contributed by atoms with Crippen LogP contribution < -0.4 is 34.3 Å². The van der Waals surface area contributed by atoms with Gasteiger partial charge in [-0.2, -0.15) is 0 Å². The molecule has 7 heteroatoms.